The topological polar surface area (TPSA) is 136 Å². The molecule has 1 aliphatic rings. The van der Waals surface area contributed by atoms with Gasteiger partial charge < -0.3 is 10.1 Å². The Hall–Kier alpha value is -4.08. The Kier molecular flexibility index (Phi) is 5.09. The third-order valence-corrected chi connectivity index (χ3v) is 4.32. The van der Waals surface area contributed by atoms with Crippen molar-refractivity contribution in [2.24, 2.45) is 0 Å². The number of amides is 3. The van der Waals surface area contributed by atoms with Crippen LogP contribution >= 0.6 is 0 Å². The molecule has 0 aliphatic carbocycles. The lowest BCUT2D eigenvalue weighted by molar-refractivity contribution is -0.384. The molecule has 0 saturated heterocycles. The van der Waals surface area contributed by atoms with Crippen molar-refractivity contribution in [3.8, 4) is 0 Å². The fourth-order valence-electron chi connectivity index (χ4n) is 2.68. The molecule has 1 atom stereocenters. The number of nitrogens with one attached hydrogen (secondary N) is 1. The number of nitro benzene ring substituents is 1. The first-order chi connectivity index (χ1) is 13.7. The van der Waals surface area contributed by atoms with Crippen LogP contribution in [0.2, 0.25) is 0 Å². The summed E-state index contributed by atoms with van der Waals surface area (Å²) in [4.78, 5) is 59.4. The number of carbonyl (C=O) groups is 4. The molecular weight excluding hydrogens is 382 g/mol. The number of imide groups is 1. The molecule has 0 spiro atoms. The van der Waals surface area contributed by atoms with E-state index in [1.54, 1.807) is 0 Å². The van der Waals surface area contributed by atoms with Crippen LogP contribution in [-0.4, -0.2) is 46.7 Å². The number of rotatable bonds is 5. The third-order valence-electron chi connectivity index (χ3n) is 4.32. The van der Waals surface area contributed by atoms with Gasteiger partial charge in [-0.05, 0) is 37.3 Å². The molecule has 0 saturated carbocycles. The lowest BCUT2D eigenvalue weighted by atomic mass is 10.1. The highest BCUT2D eigenvalue weighted by Gasteiger charge is 2.33. The zero-order chi connectivity index (χ0) is 21.3. The highest BCUT2D eigenvalue weighted by atomic mass is 16.6. The van der Waals surface area contributed by atoms with E-state index in [2.05, 4.69) is 5.32 Å². The molecule has 3 amide bonds. The van der Waals surface area contributed by atoms with Gasteiger partial charge in [0.25, 0.3) is 23.4 Å². The van der Waals surface area contributed by atoms with E-state index in [1.165, 1.54) is 56.4 Å². The molecule has 1 unspecified atom stereocenters. The number of non-ortho nitro benzene ring substituents is 1. The van der Waals surface area contributed by atoms with Gasteiger partial charge in [-0.25, -0.2) is 4.79 Å². The second kappa shape index (κ2) is 7.50. The van der Waals surface area contributed by atoms with Crippen LogP contribution in [0.3, 0.4) is 0 Å². The summed E-state index contributed by atoms with van der Waals surface area (Å²) in [5, 5.41) is 13.1. The van der Waals surface area contributed by atoms with Crippen LogP contribution in [0.15, 0.2) is 42.5 Å². The summed E-state index contributed by atoms with van der Waals surface area (Å²) in [5.41, 5.74) is 0.481. The highest BCUT2D eigenvalue weighted by molar-refractivity contribution is 6.21. The van der Waals surface area contributed by atoms with Crippen LogP contribution < -0.4 is 5.32 Å². The number of carbonyl (C=O) groups excluding carboxylic acids is 4. The molecule has 2 aromatic rings. The van der Waals surface area contributed by atoms with Gasteiger partial charge in [-0.15, -0.1) is 0 Å². The third kappa shape index (κ3) is 3.81. The summed E-state index contributed by atoms with van der Waals surface area (Å²) in [7, 11) is 1.34. The average Bonchev–Trinajstić information content (AvgIpc) is 2.92. The molecule has 0 radical (unpaired) electrons. The molecule has 10 nitrogen and oxygen atoms in total. The van der Waals surface area contributed by atoms with Gasteiger partial charge in [-0.1, -0.05) is 0 Å². The first kappa shape index (κ1) is 19.7. The van der Waals surface area contributed by atoms with Crippen LogP contribution in [0.5, 0.6) is 0 Å². The Labute approximate surface area is 164 Å². The summed E-state index contributed by atoms with van der Waals surface area (Å²) in [6.07, 6.45) is -1.18. The van der Waals surface area contributed by atoms with Crippen molar-refractivity contribution in [2.75, 3.05) is 12.4 Å². The zero-order valence-electron chi connectivity index (χ0n) is 15.4. The second-order valence-electron chi connectivity index (χ2n) is 6.27. The van der Waals surface area contributed by atoms with Gasteiger partial charge in [0.1, 0.15) is 0 Å². The molecule has 148 valence electrons. The minimum absolute atomic E-state index is 0.0233. The summed E-state index contributed by atoms with van der Waals surface area (Å²) in [5.74, 6) is -2.46. The van der Waals surface area contributed by atoms with Crippen molar-refractivity contribution >= 4 is 35.1 Å². The second-order valence-corrected chi connectivity index (χ2v) is 6.27. The number of hydrogen-bond donors (Lipinski definition) is 1. The van der Waals surface area contributed by atoms with Gasteiger partial charge in [0.2, 0.25) is 0 Å². The number of hydrogen-bond acceptors (Lipinski definition) is 7. The average molecular weight is 397 g/mol. The predicted molar refractivity (Wildman–Crippen MR) is 99.5 cm³/mol. The molecule has 1 N–H and O–H groups in total. The van der Waals surface area contributed by atoms with Gasteiger partial charge in [0.15, 0.2) is 6.10 Å². The van der Waals surface area contributed by atoms with Crippen LogP contribution in [0.25, 0.3) is 0 Å². The molecule has 0 fully saturated rings. The summed E-state index contributed by atoms with van der Waals surface area (Å²) in [6, 6.07) is 9.11. The van der Waals surface area contributed by atoms with E-state index in [1.807, 2.05) is 0 Å². The quantitative estimate of drug-likeness (QED) is 0.353. The number of nitro groups is 1. The fraction of sp³-hybridized carbons (Fsp3) is 0.158. The van der Waals surface area contributed by atoms with Crippen molar-refractivity contribution in [1.29, 1.82) is 0 Å². The van der Waals surface area contributed by atoms with Gasteiger partial charge in [-0.2, -0.15) is 0 Å². The maximum absolute atomic E-state index is 12.3. The first-order valence-corrected chi connectivity index (χ1v) is 8.41. The van der Waals surface area contributed by atoms with E-state index >= 15 is 0 Å². The van der Waals surface area contributed by atoms with Crippen molar-refractivity contribution in [3.63, 3.8) is 0 Å². The van der Waals surface area contributed by atoms with Gasteiger partial charge in [0.05, 0.1) is 21.6 Å². The molecule has 0 bridgehead atoms. The van der Waals surface area contributed by atoms with Crippen molar-refractivity contribution in [2.45, 2.75) is 13.0 Å². The molecule has 29 heavy (non-hydrogen) atoms. The summed E-state index contributed by atoms with van der Waals surface area (Å²) >= 11 is 0. The minimum atomic E-state index is -1.18. The van der Waals surface area contributed by atoms with E-state index in [0.717, 1.165) is 4.90 Å². The number of fused-ring (bicyclic) bond motifs is 1. The molecule has 1 aliphatic heterocycles. The monoisotopic (exact) mass is 397 g/mol. The number of nitrogens with zero attached hydrogens (tertiary/aromatic N) is 2. The maximum Gasteiger partial charge on any atom is 0.338 e. The van der Waals surface area contributed by atoms with Crippen molar-refractivity contribution in [1.82, 2.24) is 4.90 Å². The number of esters is 1. The highest BCUT2D eigenvalue weighted by Crippen LogP contribution is 2.23. The molecule has 3 rings (SSSR count). The summed E-state index contributed by atoms with van der Waals surface area (Å²) < 4.78 is 5.11. The Bertz CT molecular complexity index is 1050. The Morgan fingerprint density at radius 2 is 1.69 bits per heavy atom. The van der Waals surface area contributed by atoms with Crippen LogP contribution in [-0.2, 0) is 9.53 Å². The fourth-order valence-corrected chi connectivity index (χ4v) is 2.68. The summed E-state index contributed by atoms with van der Waals surface area (Å²) in [6.45, 7) is 1.36. The number of benzene rings is 2. The molecule has 10 heteroatoms. The largest absolute Gasteiger partial charge is 0.449 e. The lowest BCUT2D eigenvalue weighted by Gasteiger charge is -2.13. The molecule has 0 aromatic heterocycles. The Morgan fingerprint density at radius 1 is 1.07 bits per heavy atom. The van der Waals surface area contributed by atoms with Crippen LogP contribution in [0.4, 0.5) is 11.4 Å². The van der Waals surface area contributed by atoms with Crippen molar-refractivity contribution in [3.05, 3.63) is 69.3 Å². The SMILES string of the molecule is CC(OC(=O)c1ccc2c(c1)C(=O)N(C)C2=O)C(=O)Nc1ccc([N+](=O)[O-])cc1. The smallest absolute Gasteiger partial charge is 0.338 e. The minimum Gasteiger partial charge on any atom is -0.449 e. The van der Waals surface area contributed by atoms with E-state index < -0.39 is 34.7 Å². The standard InChI is InChI=1S/C19H15N3O7/c1-10(16(23)20-12-4-6-13(7-5-12)22(27)28)29-19(26)11-3-8-14-15(9-11)18(25)21(2)17(14)24/h3-10H,1-2H3,(H,20,23). The van der Waals surface area contributed by atoms with Crippen LogP contribution in [0.1, 0.15) is 38.0 Å². The van der Waals surface area contributed by atoms with E-state index in [4.69, 9.17) is 4.74 Å². The van der Waals surface area contributed by atoms with Crippen LogP contribution in [0, 0.1) is 10.1 Å². The lowest BCUT2D eigenvalue weighted by Crippen LogP contribution is -2.30. The molecule has 2 aromatic carbocycles. The van der Waals surface area contributed by atoms with E-state index in [9.17, 15) is 29.3 Å². The van der Waals surface area contributed by atoms with E-state index in [-0.39, 0.29) is 22.4 Å². The van der Waals surface area contributed by atoms with Gasteiger partial charge in [0, 0.05) is 24.9 Å². The normalized spacial score (nSPS) is 13.7. The molecular formula is C19H15N3O7. The van der Waals surface area contributed by atoms with E-state index in [0.29, 0.717) is 5.69 Å². The maximum atomic E-state index is 12.3. The van der Waals surface area contributed by atoms with Crippen molar-refractivity contribution < 1.29 is 28.8 Å². The van der Waals surface area contributed by atoms with Gasteiger partial charge in [-0.3, -0.25) is 29.4 Å². The Balaban J connectivity index is 1.66. The number of anilines is 1. The number of ether oxygens (including phenoxy) is 1. The first-order valence-electron chi connectivity index (χ1n) is 8.41. The van der Waals surface area contributed by atoms with Gasteiger partial charge >= 0.3 is 5.97 Å². The Morgan fingerprint density at radius 3 is 2.31 bits per heavy atom. The molecule has 1 heterocycles. The predicted octanol–water partition coefficient (Wildman–Crippen LogP) is 2.00. The zero-order valence-corrected chi connectivity index (χ0v) is 15.4.